The van der Waals surface area contributed by atoms with Gasteiger partial charge in [0.15, 0.2) is 4.80 Å². The fourth-order valence-electron chi connectivity index (χ4n) is 4.30. The van der Waals surface area contributed by atoms with Gasteiger partial charge in [-0.3, -0.25) is 9.36 Å². The summed E-state index contributed by atoms with van der Waals surface area (Å²) in [6.45, 7) is 6.60. The first kappa shape index (κ1) is 27.3. The van der Waals surface area contributed by atoms with E-state index in [4.69, 9.17) is 18.9 Å². The largest absolute Gasteiger partial charge is 0.496 e. The third kappa shape index (κ3) is 5.58. The van der Waals surface area contributed by atoms with E-state index >= 15 is 0 Å². The molecule has 0 saturated carbocycles. The van der Waals surface area contributed by atoms with Crippen molar-refractivity contribution in [1.82, 2.24) is 4.57 Å². The van der Waals surface area contributed by atoms with Gasteiger partial charge in [-0.15, -0.1) is 0 Å². The van der Waals surface area contributed by atoms with E-state index in [-0.39, 0.29) is 18.8 Å². The number of nitrogens with zero attached hydrogens (tertiary/aromatic N) is 2. The molecule has 0 amide bonds. The quantitative estimate of drug-likeness (QED) is 0.291. The molecule has 9 heteroatoms. The van der Waals surface area contributed by atoms with E-state index in [2.05, 4.69) is 4.99 Å². The molecule has 3 aromatic rings. The van der Waals surface area contributed by atoms with E-state index in [1.807, 2.05) is 62.4 Å². The van der Waals surface area contributed by atoms with Crippen molar-refractivity contribution >= 4 is 23.4 Å². The minimum absolute atomic E-state index is 0.0898. The van der Waals surface area contributed by atoms with Crippen molar-refractivity contribution < 1.29 is 23.7 Å². The van der Waals surface area contributed by atoms with E-state index in [1.165, 1.54) is 18.4 Å². The van der Waals surface area contributed by atoms with Crippen LogP contribution >= 0.6 is 11.3 Å². The second-order valence-corrected chi connectivity index (χ2v) is 9.83. The van der Waals surface area contributed by atoms with Gasteiger partial charge in [0.05, 0.1) is 36.1 Å². The molecule has 0 saturated heterocycles. The van der Waals surface area contributed by atoms with Crippen LogP contribution in [-0.2, 0) is 14.3 Å². The zero-order valence-corrected chi connectivity index (χ0v) is 23.1. The third-order valence-corrected chi connectivity index (χ3v) is 7.15. The number of methoxy groups -OCH3 is 2. The topological polar surface area (TPSA) is 88.4 Å². The molecule has 4 rings (SSSR count). The van der Waals surface area contributed by atoms with Gasteiger partial charge in [0.25, 0.3) is 5.56 Å². The van der Waals surface area contributed by atoms with Crippen LogP contribution in [0.25, 0.3) is 6.08 Å². The van der Waals surface area contributed by atoms with Crippen LogP contribution in [0.5, 0.6) is 11.5 Å². The molecule has 1 aliphatic heterocycles. The predicted molar refractivity (Wildman–Crippen MR) is 147 cm³/mol. The Balaban J connectivity index is 1.91. The van der Waals surface area contributed by atoms with Gasteiger partial charge in [0.2, 0.25) is 0 Å². The van der Waals surface area contributed by atoms with Gasteiger partial charge in [-0.05, 0) is 49.6 Å². The average Bonchev–Trinajstić information content (AvgIpc) is 3.22. The highest BCUT2D eigenvalue weighted by atomic mass is 32.1. The van der Waals surface area contributed by atoms with Gasteiger partial charge >= 0.3 is 5.97 Å². The molecule has 0 aliphatic carbocycles. The summed E-state index contributed by atoms with van der Waals surface area (Å²) in [6, 6.07) is 12.5. The molecule has 0 radical (unpaired) electrons. The van der Waals surface area contributed by atoms with Gasteiger partial charge in [0.1, 0.15) is 24.1 Å². The second-order valence-electron chi connectivity index (χ2n) is 8.83. The van der Waals surface area contributed by atoms with Gasteiger partial charge in [-0.2, -0.15) is 0 Å². The minimum Gasteiger partial charge on any atom is -0.496 e. The van der Waals surface area contributed by atoms with Crippen LogP contribution in [0.3, 0.4) is 0 Å². The van der Waals surface area contributed by atoms with Crippen molar-refractivity contribution in [3.05, 3.63) is 90.1 Å². The summed E-state index contributed by atoms with van der Waals surface area (Å²) in [6.07, 6.45) is 2.64. The Bertz CT molecular complexity index is 1540. The number of fused-ring (bicyclic) bond motifs is 1. The van der Waals surface area contributed by atoms with Crippen LogP contribution in [0.1, 0.15) is 43.0 Å². The molecule has 0 N–H and O–H groups in total. The number of aryl methyl sites for hydroxylation is 1. The maximum Gasteiger partial charge on any atom is 0.338 e. The SMILES string of the molecule is CCCOc1ccccc1[C@H]1C(C(=O)OCCOC)=C(C)N=c2s/c(=C/c3ccc(C)c(OC)c3)c(=O)n21. The number of thiazole rings is 1. The summed E-state index contributed by atoms with van der Waals surface area (Å²) in [5.74, 6) is 0.800. The first-order valence-corrected chi connectivity index (χ1v) is 13.3. The summed E-state index contributed by atoms with van der Waals surface area (Å²) in [5, 5.41) is 0. The van der Waals surface area contributed by atoms with Crippen LogP contribution in [0.2, 0.25) is 0 Å². The lowest BCUT2D eigenvalue weighted by Gasteiger charge is -2.26. The standard InChI is InChI=1S/C29H32N2O6S/c1-6-13-36-22-10-8-7-9-21(22)26-25(28(33)37-15-14-34-4)19(3)30-29-31(26)27(32)24(38-29)17-20-12-11-18(2)23(16-20)35-5/h7-12,16-17,26H,6,13-15H2,1-5H3/b24-17+/t26-/m0/s1. The molecule has 1 aromatic heterocycles. The van der Waals surface area contributed by atoms with Crippen LogP contribution in [-0.4, -0.2) is 44.6 Å². The Morgan fingerprint density at radius 2 is 1.87 bits per heavy atom. The van der Waals surface area contributed by atoms with E-state index in [0.717, 1.165) is 23.3 Å². The third-order valence-electron chi connectivity index (χ3n) is 6.17. The number of benzene rings is 2. The maximum absolute atomic E-state index is 13.9. The molecule has 200 valence electrons. The molecular weight excluding hydrogens is 504 g/mol. The smallest absolute Gasteiger partial charge is 0.338 e. The second kappa shape index (κ2) is 12.2. The maximum atomic E-state index is 13.9. The number of esters is 1. The van der Waals surface area contributed by atoms with Gasteiger partial charge < -0.3 is 18.9 Å². The molecule has 0 unspecified atom stereocenters. The molecule has 8 nitrogen and oxygen atoms in total. The zero-order valence-electron chi connectivity index (χ0n) is 22.3. The number of para-hydroxylation sites is 1. The number of hydrogen-bond acceptors (Lipinski definition) is 8. The van der Waals surface area contributed by atoms with Crippen molar-refractivity contribution in [2.24, 2.45) is 4.99 Å². The fourth-order valence-corrected chi connectivity index (χ4v) is 5.35. The van der Waals surface area contributed by atoms with Gasteiger partial charge in [-0.1, -0.05) is 48.6 Å². The molecule has 2 aromatic carbocycles. The Hall–Kier alpha value is -3.69. The monoisotopic (exact) mass is 536 g/mol. The van der Waals surface area contributed by atoms with Gasteiger partial charge in [0, 0.05) is 12.7 Å². The number of carbonyl (C=O) groups excluding carboxylic acids is 1. The lowest BCUT2D eigenvalue weighted by molar-refractivity contribution is -0.140. The van der Waals surface area contributed by atoms with Crippen molar-refractivity contribution in [2.75, 3.05) is 34.0 Å². The number of rotatable bonds is 10. The van der Waals surface area contributed by atoms with Crippen LogP contribution in [0.15, 0.2) is 63.5 Å². The summed E-state index contributed by atoms with van der Waals surface area (Å²) < 4.78 is 24.1. The van der Waals surface area contributed by atoms with Gasteiger partial charge in [-0.25, -0.2) is 9.79 Å². The van der Waals surface area contributed by atoms with E-state index in [1.54, 1.807) is 18.6 Å². The Labute approximate surface area is 225 Å². The lowest BCUT2D eigenvalue weighted by Crippen LogP contribution is -2.40. The number of allylic oxidation sites excluding steroid dienone is 1. The Morgan fingerprint density at radius 1 is 1.08 bits per heavy atom. The predicted octanol–water partition coefficient (Wildman–Crippen LogP) is 3.53. The first-order chi connectivity index (χ1) is 18.4. The van der Waals surface area contributed by atoms with E-state index < -0.39 is 12.0 Å². The molecule has 1 atom stereocenters. The normalized spacial score (nSPS) is 15.2. The molecule has 0 spiro atoms. The fraction of sp³-hybridized carbons (Fsp3) is 0.345. The van der Waals surface area contributed by atoms with Crippen LogP contribution < -0.4 is 24.4 Å². The molecular formula is C29H32N2O6S. The number of hydrogen-bond donors (Lipinski definition) is 0. The molecule has 2 heterocycles. The molecule has 0 bridgehead atoms. The number of carbonyl (C=O) groups is 1. The number of aromatic nitrogens is 1. The summed E-state index contributed by atoms with van der Waals surface area (Å²) in [5.41, 5.74) is 3.06. The highest BCUT2D eigenvalue weighted by Crippen LogP contribution is 2.36. The average molecular weight is 537 g/mol. The zero-order chi connectivity index (χ0) is 27.2. The van der Waals surface area contributed by atoms with E-state index in [9.17, 15) is 9.59 Å². The number of ether oxygens (including phenoxy) is 4. The highest BCUT2D eigenvalue weighted by Gasteiger charge is 2.35. The summed E-state index contributed by atoms with van der Waals surface area (Å²) in [4.78, 5) is 32.4. The Kier molecular flexibility index (Phi) is 8.81. The first-order valence-electron chi connectivity index (χ1n) is 12.4. The van der Waals surface area contributed by atoms with Crippen molar-refractivity contribution in [3.63, 3.8) is 0 Å². The summed E-state index contributed by atoms with van der Waals surface area (Å²) >= 11 is 1.28. The van der Waals surface area contributed by atoms with Crippen molar-refractivity contribution in [1.29, 1.82) is 0 Å². The Morgan fingerprint density at radius 3 is 2.61 bits per heavy atom. The lowest BCUT2D eigenvalue weighted by atomic mass is 9.95. The van der Waals surface area contributed by atoms with Crippen molar-refractivity contribution in [2.45, 2.75) is 33.2 Å². The summed E-state index contributed by atoms with van der Waals surface area (Å²) in [7, 11) is 3.16. The van der Waals surface area contributed by atoms with Crippen LogP contribution in [0, 0.1) is 6.92 Å². The van der Waals surface area contributed by atoms with Crippen molar-refractivity contribution in [3.8, 4) is 11.5 Å². The van der Waals surface area contributed by atoms with Crippen LogP contribution in [0.4, 0.5) is 0 Å². The van der Waals surface area contributed by atoms with E-state index in [0.29, 0.717) is 38.5 Å². The highest BCUT2D eigenvalue weighted by molar-refractivity contribution is 7.07. The molecule has 0 fully saturated rings. The minimum atomic E-state index is -0.760. The molecule has 1 aliphatic rings. The molecule has 38 heavy (non-hydrogen) atoms.